The molecule has 0 aliphatic rings. The molecule has 4 aromatic rings. The third kappa shape index (κ3) is 3.39. The number of rotatable bonds is 4. The topological polar surface area (TPSA) is 85.6 Å². The first kappa shape index (κ1) is 17.9. The van der Waals surface area contributed by atoms with Gasteiger partial charge in [0.1, 0.15) is 15.7 Å². The van der Waals surface area contributed by atoms with Crippen molar-refractivity contribution in [3.05, 3.63) is 70.7 Å². The molecule has 2 aromatic carbocycles. The van der Waals surface area contributed by atoms with Gasteiger partial charge in [0, 0.05) is 11.3 Å². The van der Waals surface area contributed by atoms with Gasteiger partial charge in [0.05, 0.1) is 11.4 Å². The predicted molar refractivity (Wildman–Crippen MR) is 104 cm³/mol. The van der Waals surface area contributed by atoms with Gasteiger partial charge in [-0.25, -0.2) is 9.37 Å². The second kappa shape index (κ2) is 7.28. The summed E-state index contributed by atoms with van der Waals surface area (Å²) in [5.74, 6) is -0.0350. The minimum Gasteiger partial charge on any atom is -0.321 e. The zero-order valence-corrected chi connectivity index (χ0v) is 15.9. The number of hydrogen-bond donors (Lipinski definition) is 1. The molecule has 4 rings (SSSR count). The second-order valence-electron chi connectivity index (χ2n) is 6.06. The maximum absolute atomic E-state index is 14.0. The summed E-state index contributed by atoms with van der Waals surface area (Å²) in [7, 11) is 0. The lowest BCUT2D eigenvalue weighted by atomic mass is 10.2. The highest BCUT2D eigenvalue weighted by Crippen LogP contribution is 2.30. The zero-order chi connectivity index (χ0) is 19.7. The highest BCUT2D eigenvalue weighted by Gasteiger charge is 2.18. The van der Waals surface area contributed by atoms with Crippen LogP contribution in [-0.2, 0) is 0 Å². The number of tetrazole rings is 1. The molecule has 1 amide bonds. The van der Waals surface area contributed by atoms with Crippen LogP contribution < -0.4 is 5.32 Å². The SMILES string of the molecule is Cc1nc(-c2ccccc2F)sc1C(=O)Nc1cccc(-n2nnnc2C)c1. The van der Waals surface area contributed by atoms with E-state index in [-0.39, 0.29) is 11.7 Å². The molecule has 2 heterocycles. The van der Waals surface area contributed by atoms with Gasteiger partial charge >= 0.3 is 0 Å². The fourth-order valence-electron chi connectivity index (χ4n) is 2.73. The van der Waals surface area contributed by atoms with Crippen molar-refractivity contribution >= 4 is 22.9 Å². The Hall–Kier alpha value is -3.46. The number of nitrogens with zero attached hydrogens (tertiary/aromatic N) is 5. The molecule has 0 atom stereocenters. The van der Waals surface area contributed by atoms with Crippen LogP contribution in [-0.4, -0.2) is 31.1 Å². The first-order valence-corrected chi connectivity index (χ1v) is 9.23. The van der Waals surface area contributed by atoms with Gasteiger partial charge < -0.3 is 5.32 Å². The van der Waals surface area contributed by atoms with Crippen LogP contribution in [0.5, 0.6) is 0 Å². The Labute approximate surface area is 163 Å². The third-order valence-corrected chi connectivity index (χ3v) is 5.27. The Morgan fingerprint density at radius 2 is 1.96 bits per heavy atom. The largest absolute Gasteiger partial charge is 0.321 e. The van der Waals surface area contributed by atoms with Crippen molar-refractivity contribution in [3.8, 4) is 16.3 Å². The van der Waals surface area contributed by atoms with E-state index in [0.717, 1.165) is 17.0 Å². The summed E-state index contributed by atoms with van der Waals surface area (Å²) in [6, 6.07) is 13.6. The molecule has 7 nitrogen and oxygen atoms in total. The maximum atomic E-state index is 14.0. The van der Waals surface area contributed by atoms with Gasteiger partial charge in [0.2, 0.25) is 0 Å². The molecule has 0 radical (unpaired) electrons. The number of aryl methyl sites for hydroxylation is 2. The van der Waals surface area contributed by atoms with Crippen molar-refractivity contribution in [2.75, 3.05) is 5.32 Å². The zero-order valence-electron chi connectivity index (χ0n) is 15.0. The highest BCUT2D eigenvalue weighted by atomic mass is 32.1. The van der Waals surface area contributed by atoms with Crippen molar-refractivity contribution in [1.29, 1.82) is 0 Å². The average Bonchev–Trinajstić information content (AvgIpc) is 3.28. The number of aromatic nitrogens is 5. The number of thiazole rings is 1. The fourth-order valence-corrected chi connectivity index (χ4v) is 3.72. The van der Waals surface area contributed by atoms with Crippen molar-refractivity contribution in [2.45, 2.75) is 13.8 Å². The summed E-state index contributed by atoms with van der Waals surface area (Å²) in [4.78, 5) is 17.5. The summed E-state index contributed by atoms with van der Waals surface area (Å²) in [6.45, 7) is 3.52. The van der Waals surface area contributed by atoms with Crippen molar-refractivity contribution < 1.29 is 9.18 Å². The molecule has 2 aromatic heterocycles. The standard InChI is InChI=1S/C19H15FN6OS/c1-11-17(28-19(21-11)15-8-3-4-9-16(15)20)18(27)22-13-6-5-7-14(10-13)26-12(2)23-24-25-26/h3-10H,1-2H3,(H,22,27). The number of carbonyl (C=O) groups is 1. The Morgan fingerprint density at radius 1 is 1.14 bits per heavy atom. The minimum atomic E-state index is -0.368. The molecule has 0 spiro atoms. The van der Waals surface area contributed by atoms with Crippen LogP contribution in [0, 0.1) is 19.7 Å². The molecule has 0 aliphatic heterocycles. The Bertz CT molecular complexity index is 1170. The molecular weight excluding hydrogens is 379 g/mol. The molecule has 0 unspecified atom stereocenters. The molecule has 28 heavy (non-hydrogen) atoms. The van der Waals surface area contributed by atoms with Gasteiger partial charge in [0.25, 0.3) is 5.91 Å². The fraction of sp³-hybridized carbons (Fsp3) is 0.105. The van der Waals surface area contributed by atoms with Crippen LogP contribution in [0.1, 0.15) is 21.2 Å². The van der Waals surface area contributed by atoms with E-state index in [4.69, 9.17) is 0 Å². The third-order valence-electron chi connectivity index (χ3n) is 4.08. The normalized spacial score (nSPS) is 10.8. The molecule has 1 N–H and O–H groups in total. The first-order valence-electron chi connectivity index (χ1n) is 8.42. The summed E-state index contributed by atoms with van der Waals surface area (Å²) in [5.41, 5.74) is 2.25. The van der Waals surface area contributed by atoms with Gasteiger partial charge in [-0.3, -0.25) is 4.79 Å². The molecule has 0 saturated heterocycles. The van der Waals surface area contributed by atoms with E-state index in [0.29, 0.717) is 32.7 Å². The molecule has 0 aliphatic carbocycles. The lowest BCUT2D eigenvalue weighted by molar-refractivity contribution is 0.103. The van der Waals surface area contributed by atoms with E-state index in [2.05, 4.69) is 25.8 Å². The lowest BCUT2D eigenvalue weighted by Gasteiger charge is -2.07. The first-order chi connectivity index (χ1) is 13.5. The summed E-state index contributed by atoms with van der Waals surface area (Å²) < 4.78 is 15.6. The van der Waals surface area contributed by atoms with Gasteiger partial charge in [0.15, 0.2) is 5.82 Å². The number of nitrogens with one attached hydrogen (secondary N) is 1. The summed E-state index contributed by atoms with van der Waals surface area (Å²) in [5, 5.41) is 14.7. The van der Waals surface area contributed by atoms with E-state index in [9.17, 15) is 9.18 Å². The maximum Gasteiger partial charge on any atom is 0.267 e. The van der Waals surface area contributed by atoms with Crippen molar-refractivity contribution in [1.82, 2.24) is 25.2 Å². The van der Waals surface area contributed by atoms with E-state index in [1.807, 2.05) is 6.07 Å². The minimum absolute atomic E-state index is 0.303. The number of hydrogen-bond acceptors (Lipinski definition) is 6. The number of carbonyl (C=O) groups excluding carboxylic acids is 1. The average molecular weight is 394 g/mol. The summed E-state index contributed by atoms with van der Waals surface area (Å²) >= 11 is 1.16. The van der Waals surface area contributed by atoms with Crippen LogP contribution in [0.2, 0.25) is 0 Å². The predicted octanol–water partition coefficient (Wildman–Crippen LogP) is 3.79. The quantitative estimate of drug-likeness (QED) is 0.569. The number of halogens is 1. The second-order valence-corrected chi connectivity index (χ2v) is 7.05. The van der Waals surface area contributed by atoms with E-state index in [1.165, 1.54) is 6.07 Å². The van der Waals surface area contributed by atoms with E-state index < -0.39 is 0 Å². The lowest BCUT2D eigenvalue weighted by Crippen LogP contribution is -2.12. The monoisotopic (exact) mass is 394 g/mol. The highest BCUT2D eigenvalue weighted by molar-refractivity contribution is 7.17. The van der Waals surface area contributed by atoms with Crippen LogP contribution in [0.4, 0.5) is 10.1 Å². The van der Waals surface area contributed by atoms with Gasteiger partial charge in [-0.2, -0.15) is 4.68 Å². The number of benzene rings is 2. The Morgan fingerprint density at radius 3 is 2.71 bits per heavy atom. The molecule has 140 valence electrons. The van der Waals surface area contributed by atoms with Gasteiger partial charge in [-0.15, -0.1) is 16.4 Å². The Kier molecular flexibility index (Phi) is 4.66. The van der Waals surface area contributed by atoms with Crippen molar-refractivity contribution in [3.63, 3.8) is 0 Å². The van der Waals surface area contributed by atoms with Gasteiger partial charge in [-0.1, -0.05) is 18.2 Å². The smallest absolute Gasteiger partial charge is 0.267 e. The summed E-state index contributed by atoms with van der Waals surface area (Å²) in [6.07, 6.45) is 0. The Balaban J connectivity index is 1.60. The number of anilines is 1. The molecular formula is C19H15FN6OS. The number of amides is 1. The van der Waals surface area contributed by atoms with Gasteiger partial charge in [-0.05, 0) is 54.6 Å². The molecule has 0 fully saturated rings. The van der Waals surface area contributed by atoms with E-state index in [1.54, 1.807) is 54.9 Å². The van der Waals surface area contributed by atoms with Crippen molar-refractivity contribution in [2.24, 2.45) is 0 Å². The van der Waals surface area contributed by atoms with E-state index >= 15 is 0 Å². The van der Waals surface area contributed by atoms with Crippen LogP contribution >= 0.6 is 11.3 Å². The van der Waals surface area contributed by atoms with Crippen LogP contribution in [0.25, 0.3) is 16.3 Å². The molecule has 9 heteroatoms. The molecule has 0 bridgehead atoms. The van der Waals surface area contributed by atoms with Crippen LogP contribution in [0.3, 0.4) is 0 Å². The van der Waals surface area contributed by atoms with Crippen LogP contribution in [0.15, 0.2) is 48.5 Å². The molecule has 0 saturated carbocycles.